The van der Waals surface area contributed by atoms with Gasteiger partial charge in [0.15, 0.2) is 6.33 Å². The van der Waals surface area contributed by atoms with Crippen molar-refractivity contribution in [1.82, 2.24) is 15.1 Å². The third-order valence-corrected chi connectivity index (χ3v) is 2.45. The van der Waals surface area contributed by atoms with Crippen molar-refractivity contribution in [2.75, 3.05) is 11.9 Å². The van der Waals surface area contributed by atoms with Crippen LogP contribution in [0.5, 0.6) is 0 Å². The van der Waals surface area contributed by atoms with Crippen molar-refractivity contribution < 1.29 is 27.6 Å². The molecule has 2 aromatic rings. The average molecular weight is 302 g/mol. The highest BCUT2D eigenvalue weighted by molar-refractivity contribution is 5.93. The van der Waals surface area contributed by atoms with E-state index in [9.17, 15) is 18.0 Å². The Morgan fingerprint density at radius 1 is 1.38 bits per heavy atom. The lowest BCUT2D eigenvalue weighted by molar-refractivity contribution is -0.141. The van der Waals surface area contributed by atoms with Gasteiger partial charge in [-0.1, -0.05) is 5.16 Å². The van der Waals surface area contributed by atoms with Gasteiger partial charge in [0.2, 0.25) is 5.89 Å². The molecule has 0 saturated carbocycles. The van der Waals surface area contributed by atoms with Crippen LogP contribution in [0.1, 0.15) is 21.9 Å². The van der Waals surface area contributed by atoms with Crippen molar-refractivity contribution in [2.45, 2.75) is 12.6 Å². The molecule has 0 aromatic carbocycles. The molecule has 2 rings (SSSR count). The number of carbonyl (C=O) groups is 1. The normalized spacial score (nSPS) is 11.4. The third-order valence-electron chi connectivity index (χ3n) is 2.45. The van der Waals surface area contributed by atoms with Crippen LogP contribution in [-0.4, -0.2) is 32.7 Å². The summed E-state index contributed by atoms with van der Waals surface area (Å²) < 4.78 is 42.4. The van der Waals surface area contributed by atoms with E-state index in [0.717, 1.165) is 6.07 Å². The second kappa shape index (κ2) is 5.77. The van der Waals surface area contributed by atoms with E-state index in [4.69, 9.17) is 9.63 Å². The number of hydrogen-bond acceptors (Lipinski definition) is 6. The largest absolute Gasteiger partial charge is 0.478 e. The molecular formula is C11H9F3N4O3. The van der Waals surface area contributed by atoms with Gasteiger partial charge in [-0.3, -0.25) is 0 Å². The Kier molecular flexibility index (Phi) is 4.05. The summed E-state index contributed by atoms with van der Waals surface area (Å²) in [7, 11) is 0. The lowest BCUT2D eigenvalue weighted by Crippen LogP contribution is -2.15. The molecule has 0 bridgehead atoms. The summed E-state index contributed by atoms with van der Waals surface area (Å²) in [5.74, 6) is -1.47. The fourth-order valence-corrected chi connectivity index (χ4v) is 1.52. The van der Waals surface area contributed by atoms with Crippen LogP contribution in [0.3, 0.4) is 0 Å². The van der Waals surface area contributed by atoms with Gasteiger partial charge in [-0.25, -0.2) is 9.78 Å². The second-order valence-electron chi connectivity index (χ2n) is 3.91. The summed E-state index contributed by atoms with van der Waals surface area (Å²) in [6, 6.07) is 1.47. The summed E-state index contributed by atoms with van der Waals surface area (Å²) >= 11 is 0. The summed E-state index contributed by atoms with van der Waals surface area (Å²) in [6.07, 6.45) is -3.25. The SMILES string of the molecule is O=C(O)c1ccc(C(F)(F)F)nc1NCCc1ncno1. The van der Waals surface area contributed by atoms with Crippen molar-refractivity contribution in [3.05, 3.63) is 35.6 Å². The van der Waals surface area contributed by atoms with Crippen LogP contribution in [0.15, 0.2) is 23.0 Å². The zero-order chi connectivity index (χ0) is 15.5. The number of aromatic nitrogens is 3. The third kappa shape index (κ3) is 3.68. The van der Waals surface area contributed by atoms with Crippen LogP contribution in [0.25, 0.3) is 0 Å². The fourth-order valence-electron chi connectivity index (χ4n) is 1.52. The van der Waals surface area contributed by atoms with E-state index in [2.05, 4.69) is 20.4 Å². The van der Waals surface area contributed by atoms with Gasteiger partial charge < -0.3 is 14.9 Å². The topological polar surface area (TPSA) is 101 Å². The van der Waals surface area contributed by atoms with Gasteiger partial charge in [0, 0.05) is 13.0 Å². The first-order valence-electron chi connectivity index (χ1n) is 5.69. The minimum absolute atomic E-state index is 0.0940. The Balaban J connectivity index is 2.16. The molecular weight excluding hydrogens is 293 g/mol. The zero-order valence-corrected chi connectivity index (χ0v) is 10.4. The van der Waals surface area contributed by atoms with Crippen LogP contribution >= 0.6 is 0 Å². The molecule has 21 heavy (non-hydrogen) atoms. The van der Waals surface area contributed by atoms with Crippen molar-refractivity contribution in [2.24, 2.45) is 0 Å². The number of carboxylic acid groups (broad SMARTS) is 1. The van der Waals surface area contributed by atoms with E-state index in [1.165, 1.54) is 6.33 Å². The number of aromatic carboxylic acids is 1. The summed E-state index contributed by atoms with van der Waals surface area (Å²) in [5, 5.41) is 14.8. The summed E-state index contributed by atoms with van der Waals surface area (Å²) in [6.45, 7) is 0.0940. The van der Waals surface area contributed by atoms with Crippen molar-refractivity contribution >= 4 is 11.8 Å². The van der Waals surface area contributed by atoms with Crippen molar-refractivity contribution in [1.29, 1.82) is 0 Å². The molecule has 0 aliphatic carbocycles. The molecule has 0 radical (unpaired) electrons. The Morgan fingerprint density at radius 2 is 2.14 bits per heavy atom. The van der Waals surface area contributed by atoms with Gasteiger partial charge in [0.05, 0.1) is 0 Å². The molecule has 0 saturated heterocycles. The number of nitrogens with one attached hydrogen (secondary N) is 1. The van der Waals surface area contributed by atoms with E-state index < -0.39 is 17.8 Å². The molecule has 0 fully saturated rings. The zero-order valence-electron chi connectivity index (χ0n) is 10.4. The molecule has 0 spiro atoms. The number of rotatable bonds is 5. The minimum atomic E-state index is -4.65. The first kappa shape index (κ1) is 14.8. The van der Waals surface area contributed by atoms with E-state index in [1.54, 1.807) is 0 Å². The molecule has 0 aliphatic rings. The highest BCUT2D eigenvalue weighted by atomic mass is 19.4. The first-order valence-corrected chi connectivity index (χ1v) is 5.69. The number of alkyl halides is 3. The molecule has 7 nitrogen and oxygen atoms in total. The monoisotopic (exact) mass is 302 g/mol. The summed E-state index contributed by atoms with van der Waals surface area (Å²) in [5.41, 5.74) is -1.53. The summed E-state index contributed by atoms with van der Waals surface area (Å²) in [4.78, 5) is 18.0. The number of carboxylic acids is 1. The predicted molar refractivity (Wildman–Crippen MR) is 62.7 cm³/mol. The van der Waals surface area contributed by atoms with Crippen LogP contribution in [-0.2, 0) is 12.6 Å². The quantitative estimate of drug-likeness (QED) is 0.868. The van der Waals surface area contributed by atoms with Crippen LogP contribution in [0.2, 0.25) is 0 Å². The Hall–Kier alpha value is -2.65. The molecule has 0 amide bonds. The van der Waals surface area contributed by atoms with Gasteiger partial charge in [0.1, 0.15) is 17.1 Å². The van der Waals surface area contributed by atoms with Gasteiger partial charge in [0.25, 0.3) is 0 Å². The minimum Gasteiger partial charge on any atom is -0.478 e. The van der Waals surface area contributed by atoms with Gasteiger partial charge in [-0.05, 0) is 12.1 Å². The molecule has 2 heterocycles. The molecule has 2 aromatic heterocycles. The highest BCUT2D eigenvalue weighted by Crippen LogP contribution is 2.29. The molecule has 10 heteroatoms. The first-order chi connectivity index (χ1) is 9.88. The standard InChI is InChI=1S/C11H9F3N4O3/c12-11(13,14)7-2-1-6(10(19)20)9(18-7)15-4-3-8-16-5-17-21-8/h1-2,5H,3-4H2,(H,15,18)(H,19,20). The highest BCUT2D eigenvalue weighted by Gasteiger charge is 2.33. The van der Waals surface area contributed by atoms with Crippen LogP contribution in [0.4, 0.5) is 19.0 Å². The Morgan fingerprint density at radius 3 is 2.71 bits per heavy atom. The maximum Gasteiger partial charge on any atom is 0.433 e. The predicted octanol–water partition coefficient (Wildman–Crippen LogP) is 1.84. The maximum absolute atomic E-state index is 12.6. The van der Waals surface area contributed by atoms with Gasteiger partial charge >= 0.3 is 12.1 Å². The van der Waals surface area contributed by atoms with Crippen LogP contribution < -0.4 is 5.32 Å². The van der Waals surface area contributed by atoms with Gasteiger partial charge in [-0.15, -0.1) is 0 Å². The molecule has 112 valence electrons. The number of halogens is 3. The van der Waals surface area contributed by atoms with E-state index in [0.29, 0.717) is 6.07 Å². The lowest BCUT2D eigenvalue weighted by Gasteiger charge is -2.11. The van der Waals surface area contributed by atoms with E-state index >= 15 is 0 Å². The van der Waals surface area contributed by atoms with Crippen molar-refractivity contribution in [3.63, 3.8) is 0 Å². The second-order valence-corrected chi connectivity index (χ2v) is 3.91. The molecule has 2 N–H and O–H groups in total. The lowest BCUT2D eigenvalue weighted by atomic mass is 10.2. The average Bonchev–Trinajstić information content (AvgIpc) is 2.90. The van der Waals surface area contributed by atoms with Gasteiger partial charge in [-0.2, -0.15) is 18.2 Å². The fraction of sp³-hybridized carbons (Fsp3) is 0.273. The number of hydrogen-bond donors (Lipinski definition) is 2. The number of anilines is 1. The Bertz CT molecular complexity index is 628. The van der Waals surface area contributed by atoms with Crippen LogP contribution in [0, 0.1) is 0 Å². The van der Waals surface area contributed by atoms with Crippen molar-refractivity contribution in [3.8, 4) is 0 Å². The molecule has 0 atom stereocenters. The Labute approximate surface area is 115 Å². The smallest absolute Gasteiger partial charge is 0.433 e. The maximum atomic E-state index is 12.6. The molecule has 0 unspecified atom stereocenters. The molecule has 0 aliphatic heterocycles. The van der Waals surface area contributed by atoms with E-state index in [1.807, 2.05) is 0 Å². The number of nitrogens with zero attached hydrogens (tertiary/aromatic N) is 3. The van der Waals surface area contributed by atoms with E-state index in [-0.39, 0.29) is 30.2 Å². The number of pyridine rings is 1.